The highest BCUT2D eigenvalue weighted by atomic mass is 16.3. The number of aliphatic imine (C=N–C) groups is 1. The van der Waals surface area contributed by atoms with Gasteiger partial charge in [-0.1, -0.05) is 6.07 Å². The predicted molar refractivity (Wildman–Crippen MR) is 127 cm³/mol. The number of aromatic nitrogens is 4. The van der Waals surface area contributed by atoms with Crippen molar-refractivity contribution in [3.05, 3.63) is 54.0 Å². The maximum Gasteiger partial charge on any atom is 0.276 e. The Bertz CT molecular complexity index is 1230. The summed E-state index contributed by atoms with van der Waals surface area (Å²) >= 11 is 0. The molecule has 0 spiro atoms. The molecule has 10 heteroatoms. The minimum atomic E-state index is -0.283. The van der Waals surface area contributed by atoms with Crippen LogP contribution in [0.3, 0.4) is 0 Å². The van der Waals surface area contributed by atoms with E-state index < -0.39 is 0 Å². The lowest BCUT2D eigenvalue weighted by atomic mass is 10.1. The Kier molecular flexibility index (Phi) is 6.27. The lowest BCUT2D eigenvalue weighted by molar-refractivity contribution is -0.121. The Morgan fingerprint density at radius 3 is 2.67 bits per heavy atom. The van der Waals surface area contributed by atoms with E-state index in [-0.39, 0.29) is 18.2 Å². The Morgan fingerprint density at radius 1 is 1.21 bits per heavy atom. The van der Waals surface area contributed by atoms with Gasteiger partial charge < -0.3 is 14.9 Å². The molecule has 0 radical (unpaired) electrons. The third kappa shape index (κ3) is 4.37. The highest BCUT2D eigenvalue weighted by Gasteiger charge is 2.33. The van der Waals surface area contributed by atoms with E-state index in [0.29, 0.717) is 35.3 Å². The molecule has 0 aliphatic carbocycles. The number of fused-ring (bicyclic) bond motifs is 1. The molecule has 2 aromatic heterocycles. The van der Waals surface area contributed by atoms with Crippen LogP contribution in [0.15, 0.2) is 52.7 Å². The van der Waals surface area contributed by atoms with Crippen molar-refractivity contribution in [2.24, 2.45) is 10.1 Å². The summed E-state index contributed by atoms with van der Waals surface area (Å²) in [5.74, 6) is 0.516. The van der Waals surface area contributed by atoms with Gasteiger partial charge in [0.2, 0.25) is 11.6 Å². The van der Waals surface area contributed by atoms with Gasteiger partial charge in [-0.3, -0.25) is 9.78 Å². The zero-order chi connectivity index (χ0) is 23.5. The minimum Gasteiger partial charge on any atom is -0.395 e. The largest absolute Gasteiger partial charge is 0.395 e. The number of likely N-dealkylation sites (N-methyl/N-ethyl adjacent to an activating group) is 1. The molecule has 10 nitrogen and oxygen atoms in total. The zero-order valence-corrected chi connectivity index (χ0v) is 19.1. The highest BCUT2D eigenvalue weighted by molar-refractivity contribution is 6.70. The summed E-state index contributed by atoms with van der Waals surface area (Å²) in [6.45, 7) is 5.41. The van der Waals surface area contributed by atoms with Gasteiger partial charge in [-0.05, 0) is 49.7 Å². The van der Waals surface area contributed by atoms with Crippen LogP contribution in [-0.4, -0.2) is 81.0 Å². The third-order valence-corrected chi connectivity index (χ3v) is 5.25. The van der Waals surface area contributed by atoms with Crippen LogP contribution >= 0.6 is 0 Å². The van der Waals surface area contributed by atoms with Crippen LogP contribution in [0.1, 0.15) is 18.3 Å². The van der Waals surface area contributed by atoms with E-state index in [0.717, 1.165) is 17.8 Å². The van der Waals surface area contributed by atoms with Crippen molar-refractivity contribution in [3.8, 4) is 11.5 Å². The first-order valence-corrected chi connectivity index (χ1v) is 10.7. The van der Waals surface area contributed by atoms with Crippen LogP contribution < -0.4 is 4.90 Å². The van der Waals surface area contributed by atoms with Crippen molar-refractivity contribution >= 4 is 28.7 Å². The average Bonchev–Trinajstić information content (AvgIpc) is 3.38. The molecule has 33 heavy (non-hydrogen) atoms. The molecule has 3 aromatic rings. The molecule has 1 N–H and O–H groups in total. The van der Waals surface area contributed by atoms with E-state index in [2.05, 4.69) is 25.1 Å². The summed E-state index contributed by atoms with van der Waals surface area (Å²) in [7, 11) is 3.33. The standard InChI is InChI=1S/C23H26N8O2/c1-5-30(12-13-32)16-9-10-17(15(2)14-16)25-19-20(23(33)29(3)4)27-31-22(19)26-21(28-31)18-8-6-7-11-24-18/h6-11,14,32H,5,12-13H2,1-4H3/b25-19-. The average molecular weight is 447 g/mol. The van der Waals surface area contributed by atoms with Gasteiger partial charge in [0.25, 0.3) is 5.91 Å². The Balaban J connectivity index is 1.77. The molecule has 0 saturated heterocycles. The number of carbonyl (C=O) groups excluding carboxylic acids is 1. The van der Waals surface area contributed by atoms with Gasteiger partial charge >= 0.3 is 0 Å². The number of anilines is 1. The van der Waals surface area contributed by atoms with Crippen molar-refractivity contribution in [1.82, 2.24) is 24.8 Å². The van der Waals surface area contributed by atoms with Gasteiger partial charge in [-0.2, -0.15) is 0 Å². The van der Waals surface area contributed by atoms with Crippen molar-refractivity contribution in [1.29, 1.82) is 0 Å². The number of hydrogen-bond donors (Lipinski definition) is 1. The second-order valence-corrected chi connectivity index (χ2v) is 7.75. The topological polar surface area (TPSA) is 112 Å². The number of amides is 1. The second kappa shape index (κ2) is 9.29. The van der Waals surface area contributed by atoms with Gasteiger partial charge in [0, 0.05) is 39.1 Å². The minimum absolute atomic E-state index is 0.0810. The molecule has 0 saturated carbocycles. The number of aryl methyl sites for hydroxylation is 1. The molecule has 1 amide bonds. The Labute approximate surface area is 191 Å². The number of nitrogens with zero attached hydrogens (tertiary/aromatic N) is 8. The van der Waals surface area contributed by atoms with Gasteiger partial charge in [-0.25, -0.2) is 9.98 Å². The van der Waals surface area contributed by atoms with Crippen LogP contribution in [-0.2, 0) is 4.79 Å². The fraction of sp³-hybridized carbons (Fsp3) is 0.304. The second-order valence-electron chi connectivity index (χ2n) is 7.75. The van der Waals surface area contributed by atoms with Gasteiger partial charge in [-0.15, -0.1) is 15.0 Å². The van der Waals surface area contributed by atoms with Gasteiger partial charge in [0.1, 0.15) is 11.4 Å². The van der Waals surface area contributed by atoms with Crippen LogP contribution in [0.5, 0.6) is 0 Å². The normalized spacial score (nSPS) is 13.7. The molecule has 1 aromatic carbocycles. The maximum atomic E-state index is 12.8. The molecule has 0 unspecified atom stereocenters. The zero-order valence-electron chi connectivity index (χ0n) is 19.1. The molecule has 4 rings (SSSR count). The maximum absolute atomic E-state index is 12.8. The molecule has 0 fully saturated rings. The molecular weight excluding hydrogens is 420 g/mol. The van der Waals surface area contributed by atoms with E-state index in [1.807, 2.05) is 50.2 Å². The highest BCUT2D eigenvalue weighted by Crippen LogP contribution is 2.27. The molecule has 0 atom stereocenters. The number of hydrogen-bond acceptors (Lipinski definition) is 8. The first kappa shape index (κ1) is 22.3. The van der Waals surface area contributed by atoms with E-state index in [1.54, 1.807) is 20.3 Å². The van der Waals surface area contributed by atoms with Gasteiger partial charge in [0.05, 0.1) is 12.3 Å². The summed E-state index contributed by atoms with van der Waals surface area (Å²) in [5, 5.41) is 18.1. The summed E-state index contributed by atoms with van der Waals surface area (Å²) in [6.07, 6.45) is 1.67. The van der Waals surface area contributed by atoms with Crippen molar-refractivity contribution < 1.29 is 9.90 Å². The number of pyridine rings is 1. The number of aliphatic hydroxyl groups excluding tert-OH is 1. The lowest BCUT2D eigenvalue weighted by Crippen LogP contribution is -2.34. The molecule has 170 valence electrons. The quantitative estimate of drug-likeness (QED) is 0.593. The van der Waals surface area contributed by atoms with Crippen molar-refractivity contribution in [3.63, 3.8) is 0 Å². The number of carbonyl (C=O) groups is 1. The first-order chi connectivity index (χ1) is 15.9. The van der Waals surface area contributed by atoms with Crippen LogP contribution in [0.25, 0.3) is 11.5 Å². The summed E-state index contributed by atoms with van der Waals surface area (Å²) in [5.41, 5.74) is 3.78. The lowest BCUT2D eigenvalue weighted by Gasteiger charge is -2.22. The first-order valence-electron chi connectivity index (χ1n) is 10.7. The third-order valence-electron chi connectivity index (χ3n) is 5.25. The fourth-order valence-electron chi connectivity index (χ4n) is 3.50. The summed E-state index contributed by atoms with van der Waals surface area (Å²) in [6, 6.07) is 11.4. The number of rotatable bonds is 7. The number of benzene rings is 1. The van der Waals surface area contributed by atoms with Gasteiger partial charge in [0.15, 0.2) is 5.71 Å². The fourth-order valence-corrected chi connectivity index (χ4v) is 3.50. The monoisotopic (exact) mass is 446 g/mol. The van der Waals surface area contributed by atoms with E-state index in [4.69, 9.17) is 4.99 Å². The number of aliphatic hydroxyl groups is 1. The molecule has 1 aliphatic rings. The SMILES string of the molecule is CCN(CCO)c1ccc(/N=C2/C(C(=O)N(C)C)=Nn3nc(-c4ccccn4)nc32)c(C)c1. The van der Waals surface area contributed by atoms with E-state index >= 15 is 0 Å². The molecular formula is C23H26N8O2. The summed E-state index contributed by atoms with van der Waals surface area (Å²) < 4.78 is 0. The van der Waals surface area contributed by atoms with E-state index in [1.165, 1.54) is 9.69 Å². The molecule has 1 aliphatic heterocycles. The van der Waals surface area contributed by atoms with Crippen molar-refractivity contribution in [2.45, 2.75) is 13.8 Å². The summed E-state index contributed by atoms with van der Waals surface area (Å²) in [4.78, 5) is 31.3. The molecule has 3 heterocycles. The van der Waals surface area contributed by atoms with Crippen LogP contribution in [0.4, 0.5) is 11.4 Å². The predicted octanol–water partition coefficient (Wildman–Crippen LogP) is 1.89. The van der Waals surface area contributed by atoms with E-state index in [9.17, 15) is 9.90 Å². The Hall–Kier alpha value is -3.92. The smallest absolute Gasteiger partial charge is 0.276 e. The Morgan fingerprint density at radius 2 is 2.03 bits per heavy atom. The van der Waals surface area contributed by atoms with Crippen LogP contribution in [0, 0.1) is 6.92 Å². The van der Waals surface area contributed by atoms with Crippen LogP contribution in [0.2, 0.25) is 0 Å². The molecule has 0 bridgehead atoms. The van der Waals surface area contributed by atoms with Crippen molar-refractivity contribution in [2.75, 3.05) is 38.7 Å².